The summed E-state index contributed by atoms with van der Waals surface area (Å²) in [6.45, 7) is 2.00. The van der Waals surface area contributed by atoms with Crippen molar-refractivity contribution in [3.8, 4) is 5.75 Å². The van der Waals surface area contributed by atoms with Crippen LogP contribution < -0.4 is 15.4 Å². The Morgan fingerprint density at radius 1 is 1.17 bits per heavy atom. The number of rotatable bonds is 6. The Kier molecular flexibility index (Phi) is 6.25. The van der Waals surface area contributed by atoms with E-state index in [2.05, 4.69) is 17.6 Å². The normalized spacial score (nSPS) is 32.9. The van der Waals surface area contributed by atoms with Crippen LogP contribution in [0.1, 0.15) is 32.6 Å². The second kappa shape index (κ2) is 8.72. The van der Waals surface area contributed by atoms with E-state index < -0.39 is 5.82 Å². The van der Waals surface area contributed by atoms with Crippen molar-refractivity contribution in [2.45, 2.75) is 49.9 Å². The molecule has 8 heteroatoms. The molecule has 1 aliphatic heterocycles. The van der Waals surface area contributed by atoms with Crippen LogP contribution >= 0.6 is 23.4 Å². The SMILES string of the molecule is CC1CSC(C(=O)NC2CC(NC(=O)COc3ccc(Cl)c(F)c3)C3CC2C3)C1. The van der Waals surface area contributed by atoms with Gasteiger partial charge in [0.25, 0.3) is 5.91 Å². The van der Waals surface area contributed by atoms with Crippen molar-refractivity contribution in [3.05, 3.63) is 29.0 Å². The number of nitrogens with one attached hydrogen (secondary N) is 2. The number of carbonyl (C=O) groups excluding carboxylic acids is 2. The van der Waals surface area contributed by atoms with Gasteiger partial charge in [-0.3, -0.25) is 9.59 Å². The number of ether oxygens (including phenoxy) is 1. The first-order valence-corrected chi connectivity index (χ1v) is 11.6. The molecule has 1 heterocycles. The van der Waals surface area contributed by atoms with Gasteiger partial charge >= 0.3 is 0 Å². The molecule has 29 heavy (non-hydrogen) atoms. The Hall–Kier alpha value is -1.47. The fourth-order valence-electron chi connectivity index (χ4n) is 4.58. The van der Waals surface area contributed by atoms with E-state index in [1.54, 1.807) is 11.8 Å². The minimum atomic E-state index is -0.578. The third kappa shape index (κ3) is 4.82. The summed E-state index contributed by atoms with van der Waals surface area (Å²) in [5.74, 6) is 2.23. The van der Waals surface area contributed by atoms with Crippen molar-refractivity contribution in [2.24, 2.45) is 17.8 Å². The van der Waals surface area contributed by atoms with Crippen LogP contribution in [0.5, 0.6) is 5.75 Å². The third-order valence-electron chi connectivity index (χ3n) is 6.28. The lowest BCUT2D eigenvalue weighted by Gasteiger charge is -2.51. The van der Waals surface area contributed by atoms with E-state index >= 15 is 0 Å². The van der Waals surface area contributed by atoms with Gasteiger partial charge in [0.05, 0.1) is 10.3 Å². The van der Waals surface area contributed by atoms with E-state index in [4.69, 9.17) is 16.3 Å². The molecule has 0 aromatic heterocycles. The predicted octanol–water partition coefficient (Wildman–Crippen LogP) is 3.40. The smallest absolute Gasteiger partial charge is 0.258 e. The number of hydrogen-bond acceptors (Lipinski definition) is 4. The van der Waals surface area contributed by atoms with Crippen molar-refractivity contribution in [1.29, 1.82) is 0 Å². The standard InChI is InChI=1S/C21H26ClFN2O3S/c1-11-4-19(29-10-11)21(27)25-18-8-17(12-5-13(18)6-12)24-20(26)9-28-14-2-3-15(22)16(23)7-14/h2-3,7,11-13,17-19H,4-6,8-10H2,1H3,(H,24,26)(H,25,27). The van der Waals surface area contributed by atoms with Gasteiger partial charge in [-0.05, 0) is 61.3 Å². The fraction of sp³-hybridized carbons (Fsp3) is 0.619. The third-order valence-corrected chi connectivity index (χ3v) is 8.16. The summed E-state index contributed by atoms with van der Waals surface area (Å²) in [6.07, 6.45) is 3.77. The topological polar surface area (TPSA) is 67.4 Å². The molecule has 1 aromatic carbocycles. The maximum absolute atomic E-state index is 13.5. The van der Waals surface area contributed by atoms with Crippen molar-refractivity contribution in [3.63, 3.8) is 0 Å². The second-order valence-electron chi connectivity index (χ2n) is 8.54. The van der Waals surface area contributed by atoms with E-state index in [1.165, 1.54) is 18.2 Å². The highest BCUT2D eigenvalue weighted by Gasteiger charge is 2.47. The maximum Gasteiger partial charge on any atom is 0.258 e. The molecule has 2 bridgehead atoms. The summed E-state index contributed by atoms with van der Waals surface area (Å²) in [5.41, 5.74) is 0. The van der Waals surface area contributed by atoms with Crippen LogP contribution in [0.4, 0.5) is 4.39 Å². The first-order chi connectivity index (χ1) is 13.9. The molecule has 2 N–H and O–H groups in total. The van der Waals surface area contributed by atoms with E-state index in [1.807, 2.05) is 0 Å². The van der Waals surface area contributed by atoms with Crippen LogP contribution in [0.2, 0.25) is 5.02 Å². The predicted molar refractivity (Wildman–Crippen MR) is 112 cm³/mol. The Morgan fingerprint density at radius 2 is 1.90 bits per heavy atom. The zero-order valence-corrected chi connectivity index (χ0v) is 17.9. The molecule has 0 spiro atoms. The van der Waals surface area contributed by atoms with Crippen LogP contribution in [-0.4, -0.2) is 41.5 Å². The average molecular weight is 441 g/mol. The first-order valence-electron chi connectivity index (χ1n) is 10.2. The first kappa shape index (κ1) is 20.8. The Labute approximate surface area is 179 Å². The van der Waals surface area contributed by atoms with Crippen LogP contribution in [0.15, 0.2) is 18.2 Å². The van der Waals surface area contributed by atoms with Gasteiger partial charge in [-0.25, -0.2) is 4.39 Å². The monoisotopic (exact) mass is 440 g/mol. The summed E-state index contributed by atoms with van der Waals surface area (Å²) >= 11 is 7.40. The molecule has 4 fully saturated rings. The van der Waals surface area contributed by atoms with E-state index in [9.17, 15) is 14.0 Å². The lowest BCUT2D eigenvalue weighted by molar-refractivity contribution is -0.126. The van der Waals surface area contributed by atoms with Gasteiger partial charge in [-0.2, -0.15) is 0 Å². The highest BCUT2D eigenvalue weighted by Crippen LogP contribution is 2.46. The van der Waals surface area contributed by atoms with Crippen LogP contribution in [0.25, 0.3) is 0 Å². The van der Waals surface area contributed by atoms with Gasteiger partial charge in [0.2, 0.25) is 5.91 Å². The average Bonchev–Trinajstić information content (AvgIpc) is 3.08. The molecule has 1 aromatic rings. The summed E-state index contributed by atoms with van der Waals surface area (Å²) in [7, 11) is 0. The van der Waals surface area contributed by atoms with Crippen LogP contribution in [-0.2, 0) is 9.59 Å². The molecule has 5 nitrogen and oxygen atoms in total. The molecule has 2 amide bonds. The molecule has 3 aliphatic carbocycles. The fourth-order valence-corrected chi connectivity index (χ4v) is 6.08. The van der Waals surface area contributed by atoms with Gasteiger partial charge in [-0.15, -0.1) is 11.8 Å². The number of carbonyl (C=O) groups is 2. The summed E-state index contributed by atoms with van der Waals surface area (Å²) < 4.78 is 18.8. The van der Waals surface area contributed by atoms with Gasteiger partial charge in [-0.1, -0.05) is 18.5 Å². The molecule has 5 rings (SSSR count). The Bertz CT molecular complexity index is 789. The number of benzene rings is 1. The second-order valence-corrected chi connectivity index (χ2v) is 10.2. The highest BCUT2D eigenvalue weighted by molar-refractivity contribution is 8.00. The number of fused-ring (bicyclic) bond motifs is 2. The molecule has 158 valence electrons. The van der Waals surface area contributed by atoms with Gasteiger partial charge in [0, 0.05) is 18.2 Å². The van der Waals surface area contributed by atoms with Crippen molar-refractivity contribution < 1.29 is 18.7 Å². The number of amides is 2. The van der Waals surface area contributed by atoms with Crippen LogP contribution in [0, 0.1) is 23.6 Å². The molecule has 4 aliphatic rings. The quantitative estimate of drug-likeness (QED) is 0.711. The van der Waals surface area contributed by atoms with E-state index in [-0.39, 0.29) is 46.5 Å². The van der Waals surface area contributed by atoms with E-state index in [0.717, 1.165) is 31.4 Å². The lowest BCUT2D eigenvalue weighted by atomic mass is 9.60. The number of halogens is 2. The minimum absolute atomic E-state index is 0.0158. The number of hydrogen-bond donors (Lipinski definition) is 2. The Morgan fingerprint density at radius 3 is 2.55 bits per heavy atom. The minimum Gasteiger partial charge on any atom is -0.484 e. The summed E-state index contributed by atoms with van der Waals surface area (Å²) in [4.78, 5) is 24.9. The van der Waals surface area contributed by atoms with E-state index in [0.29, 0.717) is 17.8 Å². The number of thioether (sulfide) groups is 1. The molecule has 0 radical (unpaired) electrons. The maximum atomic E-state index is 13.5. The van der Waals surface area contributed by atoms with Gasteiger partial charge < -0.3 is 15.4 Å². The van der Waals surface area contributed by atoms with Crippen molar-refractivity contribution >= 4 is 35.2 Å². The highest BCUT2D eigenvalue weighted by atomic mass is 35.5. The lowest BCUT2D eigenvalue weighted by Crippen LogP contribution is -2.60. The molecule has 4 atom stereocenters. The molecule has 4 unspecified atom stereocenters. The van der Waals surface area contributed by atoms with Gasteiger partial charge in [0.15, 0.2) is 6.61 Å². The molecular formula is C21H26ClFN2O3S. The van der Waals surface area contributed by atoms with Gasteiger partial charge in [0.1, 0.15) is 11.6 Å². The van der Waals surface area contributed by atoms with Crippen molar-refractivity contribution in [1.82, 2.24) is 10.6 Å². The summed E-state index contributed by atoms with van der Waals surface area (Å²) in [6, 6.07) is 4.26. The van der Waals surface area contributed by atoms with Crippen molar-refractivity contribution in [2.75, 3.05) is 12.4 Å². The molecule has 3 saturated carbocycles. The van der Waals surface area contributed by atoms with Crippen LogP contribution in [0.3, 0.4) is 0 Å². The molecular weight excluding hydrogens is 415 g/mol. The zero-order chi connectivity index (χ0) is 20.5. The summed E-state index contributed by atoms with van der Waals surface area (Å²) in [5, 5.41) is 6.36. The molecule has 1 saturated heterocycles. The largest absolute Gasteiger partial charge is 0.484 e. The Balaban J connectivity index is 1.26. The zero-order valence-electron chi connectivity index (χ0n) is 16.3.